The van der Waals surface area contributed by atoms with Crippen LogP contribution in [0.15, 0.2) is 0 Å². The second-order valence-electron chi connectivity index (χ2n) is 4.90. The maximum Gasteiger partial charge on any atom is 0.356 e. The molecule has 0 amide bonds. The molecule has 1 aromatic rings. The summed E-state index contributed by atoms with van der Waals surface area (Å²) in [6, 6.07) is 0. The summed E-state index contributed by atoms with van der Waals surface area (Å²) in [7, 11) is 0. The van der Waals surface area contributed by atoms with Crippen molar-refractivity contribution in [1.29, 1.82) is 0 Å². The number of carbonyl (C=O) groups is 2. The van der Waals surface area contributed by atoms with Crippen molar-refractivity contribution in [3.63, 3.8) is 0 Å². The molecule has 0 aliphatic carbocycles. The lowest BCUT2D eigenvalue weighted by Gasteiger charge is -2.31. The molecule has 19 heavy (non-hydrogen) atoms. The van der Waals surface area contributed by atoms with E-state index < -0.39 is 5.97 Å². The summed E-state index contributed by atoms with van der Waals surface area (Å²) in [5.41, 5.74) is -0.133. The van der Waals surface area contributed by atoms with Crippen LogP contribution in [0, 0.1) is 0 Å². The lowest BCUT2D eigenvalue weighted by atomic mass is 10.2. The van der Waals surface area contributed by atoms with Gasteiger partial charge in [-0.05, 0) is 12.8 Å². The highest BCUT2D eigenvalue weighted by atomic mass is 32.1. The lowest BCUT2D eigenvalue weighted by molar-refractivity contribution is 0.0305. The number of Topliss-reactive ketones (excluding diaryl/α,β-unsaturated/α-hetero) is 1. The number of aromatic nitrogens is 1. The van der Waals surface area contributed by atoms with Crippen molar-refractivity contribution in [2.45, 2.75) is 32.0 Å². The molecule has 0 saturated carbocycles. The van der Waals surface area contributed by atoms with Gasteiger partial charge in [-0.2, -0.15) is 0 Å². The van der Waals surface area contributed by atoms with Crippen LogP contribution in [0.25, 0.3) is 0 Å². The van der Waals surface area contributed by atoms with E-state index in [9.17, 15) is 9.59 Å². The van der Waals surface area contributed by atoms with Gasteiger partial charge in [0.1, 0.15) is 4.88 Å². The molecule has 0 radical (unpaired) electrons. The van der Waals surface area contributed by atoms with Crippen LogP contribution < -0.4 is 4.90 Å². The van der Waals surface area contributed by atoms with Crippen LogP contribution in [0.1, 0.15) is 39.9 Å². The van der Waals surface area contributed by atoms with E-state index >= 15 is 0 Å². The molecule has 2 bridgehead atoms. The number of fused-ring (bicyclic) bond motifs is 2. The minimum absolute atomic E-state index is 0.133. The van der Waals surface area contributed by atoms with Crippen molar-refractivity contribution in [2.24, 2.45) is 0 Å². The summed E-state index contributed by atoms with van der Waals surface area (Å²) in [6.45, 7) is 2.81. The Morgan fingerprint density at radius 2 is 2.00 bits per heavy atom. The number of thiazole rings is 1. The van der Waals surface area contributed by atoms with E-state index in [-0.39, 0.29) is 28.6 Å². The number of carboxylic acid groups (broad SMARTS) is 1. The third kappa shape index (κ3) is 2.23. The van der Waals surface area contributed by atoms with Crippen LogP contribution in [-0.4, -0.2) is 47.1 Å². The van der Waals surface area contributed by atoms with Crippen LogP contribution in [0.4, 0.5) is 5.13 Å². The van der Waals surface area contributed by atoms with Gasteiger partial charge in [0.15, 0.2) is 16.6 Å². The first kappa shape index (κ1) is 12.6. The van der Waals surface area contributed by atoms with E-state index in [0.29, 0.717) is 5.13 Å². The SMILES string of the molecule is CC(=O)c1sc(N2CC3CCC(C2)O3)nc1C(=O)O. The van der Waals surface area contributed by atoms with Gasteiger partial charge >= 0.3 is 5.97 Å². The molecule has 1 N–H and O–H groups in total. The van der Waals surface area contributed by atoms with Crippen molar-refractivity contribution in [2.75, 3.05) is 18.0 Å². The standard InChI is InChI=1S/C12H14N2O4S/c1-6(15)10-9(11(16)17)13-12(19-10)14-4-7-2-3-8(5-14)18-7/h7-8H,2-5H2,1H3,(H,16,17). The Morgan fingerprint density at radius 3 is 2.47 bits per heavy atom. The summed E-state index contributed by atoms with van der Waals surface area (Å²) in [4.78, 5) is 29.0. The number of carbonyl (C=O) groups excluding carboxylic acids is 1. The van der Waals surface area contributed by atoms with Gasteiger partial charge in [-0.25, -0.2) is 9.78 Å². The number of rotatable bonds is 3. The maximum absolute atomic E-state index is 11.5. The summed E-state index contributed by atoms with van der Waals surface area (Å²) in [6.07, 6.45) is 2.49. The molecule has 102 valence electrons. The van der Waals surface area contributed by atoms with Crippen molar-refractivity contribution >= 4 is 28.2 Å². The van der Waals surface area contributed by atoms with Crippen LogP contribution in [0.3, 0.4) is 0 Å². The molecule has 6 nitrogen and oxygen atoms in total. The second kappa shape index (κ2) is 4.57. The Hall–Kier alpha value is -1.47. The minimum atomic E-state index is -1.15. The van der Waals surface area contributed by atoms with E-state index in [1.807, 2.05) is 4.90 Å². The van der Waals surface area contributed by atoms with Crippen LogP contribution in [0.5, 0.6) is 0 Å². The van der Waals surface area contributed by atoms with Gasteiger partial charge in [-0.15, -0.1) is 0 Å². The number of hydrogen-bond donors (Lipinski definition) is 1. The predicted molar refractivity (Wildman–Crippen MR) is 69.2 cm³/mol. The normalized spacial score (nSPS) is 25.6. The smallest absolute Gasteiger partial charge is 0.356 e. The Labute approximate surface area is 114 Å². The lowest BCUT2D eigenvalue weighted by Crippen LogP contribution is -2.42. The molecule has 2 aliphatic rings. The summed E-state index contributed by atoms with van der Waals surface area (Å²) in [5, 5.41) is 9.71. The number of morpholine rings is 1. The highest BCUT2D eigenvalue weighted by Crippen LogP contribution is 2.33. The molecule has 2 atom stereocenters. The molecule has 2 saturated heterocycles. The van der Waals surface area contributed by atoms with Gasteiger partial charge in [0, 0.05) is 20.0 Å². The zero-order chi connectivity index (χ0) is 13.6. The van der Waals surface area contributed by atoms with Crippen molar-refractivity contribution < 1.29 is 19.4 Å². The van der Waals surface area contributed by atoms with Gasteiger partial charge in [0.05, 0.1) is 12.2 Å². The average Bonchev–Trinajstić information content (AvgIpc) is 2.93. The zero-order valence-corrected chi connectivity index (χ0v) is 11.3. The fourth-order valence-electron chi connectivity index (χ4n) is 2.60. The number of anilines is 1. The Bertz CT molecular complexity index is 498. The molecule has 0 aromatic carbocycles. The molecule has 2 fully saturated rings. The van der Waals surface area contributed by atoms with Gasteiger partial charge in [0.2, 0.25) is 0 Å². The first-order chi connectivity index (χ1) is 9.04. The summed E-state index contributed by atoms with van der Waals surface area (Å²) < 4.78 is 5.73. The predicted octanol–water partition coefficient (Wildman–Crippen LogP) is 1.41. The fourth-order valence-corrected chi connectivity index (χ4v) is 3.57. The molecule has 7 heteroatoms. The largest absolute Gasteiger partial charge is 0.476 e. The van der Waals surface area contributed by atoms with Crippen molar-refractivity contribution in [3.05, 3.63) is 10.6 Å². The molecule has 3 rings (SSSR count). The molecule has 3 heterocycles. The number of aromatic carboxylic acids is 1. The number of carboxylic acids is 1. The highest BCUT2D eigenvalue weighted by molar-refractivity contribution is 7.17. The number of ketones is 1. The van der Waals surface area contributed by atoms with Gasteiger partial charge in [0.25, 0.3) is 0 Å². The zero-order valence-electron chi connectivity index (χ0n) is 10.5. The monoisotopic (exact) mass is 282 g/mol. The Kier molecular flexibility index (Phi) is 3.02. The van der Waals surface area contributed by atoms with Crippen molar-refractivity contribution in [1.82, 2.24) is 4.98 Å². The van der Waals surface area contributed by atoms with E-state index in [0.717, 1.165) is 37.3 Å². The first-order valence-electron chi connectivity index (χ1n) is 6.20. The Balaban J connectivity index is 1.91. The van der Waals surface area contributed by atoms with E-state index in [4.69, 9.17) is 9.84 Å². The van der Waals surface area contributed by atoms with E-state index in [1.165, 1.54) is 6.92 Å². The van der Waals surface area contributed by atoms with Crippen molar-refractivity contribution in [3.8, 4) is 0 Å². The maximum atomic E-state index is 11.5. The number of nitrogens with zero attached hydrogens (tertiary/aromatic N) is 2. The number of ether oxygens (including phenoxy) is 1. The summed E-state index contributed by atoms with van der Waals surface area (Å²) >= 11 is 1.16. The third-order valence-corrected chi connectivity index (χ3v) is 4.67. The van der Waals surface area contributed by atoms with Gasteiger partial charge < -0.3 is 14.7 Å². The Morgan fingerprint density at radius 1 is 1.37 bits per heavy atom. The third-order valence-electron chi connectivity index (χ3n) is 3.45. The summed E-state index contributed by atoms with van der Waals surface area (Å²) in [5.74, 6) is -1.40. The van der Waals surface area contributed by atoms with Crippen LogP contribution in [-0.2, 0) is 4.74 Å². The average molecular weight is 282 g/mol. The fraction of sp³-hybridized carbons (Fsp3) is 0.583. The molecule has 0 spiro atoms. The number of hydrogen-bond acceptors (Lipinski definition) is 6. The molecule has 2 aliphatic heterocycles. The molecule has 2 unspecified atom stereocenters. The van der Waals surface area contributed by atoms with Gasteiger partial charge in [-0.3, -0.25) is 4.79 Å². The quantitative estimate of drug-likeness (QED) is 0.844. The minimum Gasteiger partial charge on any atom is -0.476 e. The van der Waals surface area contributed by atoms with E-state index in [1.54, 1.807) is 0 Å². The first-order valence-corrected chi connectivity index (χ1v) is 7.01. The second-order valence-corrected chi connectivity index (χ2v) is 5.88. The van der Waals surface area contributed by atoms with Crippen LogP contribution >= 0.6 is 11.3 Å². The highest BCUT2D eigenvalue weighted by Gasteiger charge is 2.35. The van der Waals surface area contributed by atoms with Gasteiger partial charge in [-0.1, -0.05) is 11.3 Å². The van der Waals surface area contributed by atoms with E-state index in [2.05, 4.69) is 4.98 Å². The topological polar surface area (TPSA) is 79.7 Å². The molecule has 1 aromatic heterocycles. The molecular weight excluding hydrogens is 268 g/mol. The molecular formula is C12H14N2O4S. The van der Waals surface area contributed by atoms with Crippen LogP contribution in [0.2, 0.25) is 0 Å².